The van der Waals surface area contributed by atoms with Crippen LogP contribution in [0.1, 0.15) is 30.0 Å². The van der Waals surface area contributed by atoms with Gasteiger partial charge in [0.2, 0.25) is 5.91 Å². The van der Waals surface area contributed by atoms with E-state index < -0.39 is 11.6 Å². The number of likely N-dealkylation sites (tertiary alicyclic amines) is 1. The summed E-state index contributed by atoms with van der Waals surface area (Å²) in [6.07, 6.45) is 5.66. The van der Waals surface area contributed by atoms with Gasteiger partial charge in [-0.15, -0.1) is 0 Å². The van der Waals surface area contributed by atoms with Crippen LogP contribution in [0.3, 0.4) is 0 Å². The van der Waals surface area contributed by atoms with Gasteiger partial charge in [-0.1, -0.05) is 12.6 Å². The van der Waals surface area contributed by atoms with Gasteiger partial charge in [0.25, 0.3) is 0 Å². The Balaban J connectivity index is 1.49. The average Bonchev–Trinajstić information content (AvgIpc) is 3.27. The fourth-order valence-electron chi connectivity index (χ4n) is 4.53. The third kappa shape index (κ3) is 4.39. The second-order valence-corrected chi connectivity index (χ2v) is 8.67. The van der Waals surface area contributed by atoms with Crippen LogP contribution in [0.5, 0.6) is 11.5 Å². The summed E-state index contributed by atoms with van der Waals surface area (Å²) in [5.41, 5.74) is 2.70. The van der Waals surface area contributed by atoms with Gasteiger partial charge in [0, 0.05) is 19.0 Å². The lowest BCUT2D eigenvalue weighted by Gasteiger charge is -2.31. The van der Waals surface area contributed by atoms with Gasteiger partial charge in [0.1, 0.15) is 5.75 Å². The zero-order valence-corrected chi connectivity index (χ0v) is 19.2. The molecule has 5 rings (SSSR count). The van der Waals surface area contributed by atoms with Gasteiger partial charge in [0.15, 0.2) is 17.4 Å². The molecule has 0 N–H and O–H groups in total. The molecule has 1 atom stereocenters. The number of hydrogen-bond donors (Lipinski definition) is 0. The summed E-state index contributed by atoms with van der Waals surface area (Å²) in [5.74, 6) is -0.538. The largest absolute Gasteiger partial charge is 0.454 e. The molecule has 1 aliphatic rings. The average molecular weight is 475 g/mol. The van der Waals surface area contributed by atoms with E-state index >= 15 is 0 Å². The molecule has 1 fully saturated rings. The van der Waals surface area contributed by atoms with Crippen LogP contribution in [-0.2, 0) is 4.79 Å². The van der Waals surface area contributed by atoms with E-state index in [-0.39, 0.29) is 17.6 Å². The van der Waals surface area contributed by atoms with Crippen LogP contribution in [0.2, 0.25) is 0 Å². The number of carbonyl (C=O) groups excluding carboxylic acids is 1. The molecule has 0 aliphatic carbocycles. The van der Waals surface area contributed by atoms with E-state index in [0.29, 0.717) is 41.1 Å². The van der Waals surface area contributed by atoms with Crippen molar-refractivity contribution in [3.8, 4) is 17.2 Å². The lowest BCUT2D eigenvalue weighted by molar-refractivity contribution is -0.127. The quantitative estimate of drug-likeness (QED) is 0.349. The predicted molar refractivity (Wildman–Crippen MR) is 129 cm³/mol. The SMILES string of the molecule is C=CC(=O)N1CCCC(c2nn(-c3ccc(Oc4cc(C)ccc4F)cc3)c3cncc(F)c23)C1. The number of pyridine rings is 1. The number of hydrogen-bond acceptors (Lipinski definition) is 4. The molecule has 3 heterocycles. The molecule has 1 aliphatic heterocycles. The van der Waals surface area contributed by atoms with Crippen LogP contribution in [0.15, 0.2) is 67.5 Å². The van der Waals surface area contributed by atoms with E-state index in [9.17, 15) is 13.6 Å². The van der Waals surface area contributed by atoms with Crippen LogP contribution < -0.4 is 4.74 Å². The van der Waals surface area contributed by atoms with Crippen molar-refractivity contribution in [1.82, 2.24) is 19.7 Å². The number of nitrogens with zero attached hydrogens (tertiary/aromatic N) is 4. The summed E-state index contributed by atoms with van der Waals surface area (Å²) in [6, 6.07) is 11.7. The van der Waals surface area contributed by atoms with Crippen molar-refractivity contribution >= 4 is 16.8 Å². The highest BCUT2D eigenvalue weighted by atomic mass is 19.1. The molecular weight excluding hydrogens is 450 g/mol. The van der Waals surface area contributed by atoms with E-state index in [4.69, 9.17) is 9.84 Å². The Morgan fingerprint density at radius 1 is 1.14 bits per heavy atom. The lowest BCUT2D eigenvalue weighted by atomic mass is 9.93. The second kappa shape index (κ2) is 9.29. The Morgan fingerprint density at radius 2 is 1.94 bits per heavy atom. The van der Waals surface area contributed by atoms with Crippen LogP contribution in [0, 0.1) is 18.6 Å². The summed E-state index contributed by atoms with van der Waals surface area (Å²) in [6.45, 7) is 6.53. The number of aromatic nitrogens is 3. The van der Waals surface area contributed by atoms with E-state index in [1.807, 2.05) is 6.92 Å². The molecule has 0 bridgehead atoms. The van der Waals surface area contributed by atoms with Crippen molar-refractivity contribution in [3.05, 3.63) is 90.4 Å². The van der Waals surface area contributed by atoms with Crippen LogP contribution in [0.4, 0.5) is 8.78 Å². The number of fused-ring (bicyclic) bond motifs is 1. The van der Waals surface area contributed by atoms with Gasteiger partial charge in [-0.05, 0) is 67.8 Å². The first-order valence-electron chi connectivity index (χ1n) is 11.4. The molecule has 0 saturated carbocycles. The molecular formula is C27H24F2N4O2. The highest BCUT2D eigenvalue weighted by molar-refractivity contribution is 5.87. The maximum absolute atomic E-state index is 15.0. The van der Waals surface area contributed by atoms with Crippen LogP contribution >= 0.6 is 0 Å². The Morgan fingerprint density at radius 3 is 2.71 bits per heavy atom. The number of carbonyl (C=O) groups is 1. The number of benzene rings is 2. The third-order valence-electron chi connectivity index (χ3n) is 6.26. The summed E-state index contributed by atoms with van der Waals surface area (Å²) in [5, 5.41) is 5.18. The van der Waals surface area contributed by atoms with Crippen molar-refractivity contribution in [2.24, 2.45) is 0 Å². The zero-order valence-electron chi connectivity index (χ0n) is 19.2. The van der Waals surface area contributed by atoms with Gasteiger partial charge in [-0.2, -0.15) is 5.10 Å². The molecule has 0 radical (unpaired) electrons. The first-order chi connectivity index (χ1) is 16.9. The van der Waals surface area contributed by atoms with Crippen LogP contribution in [0.25, 0.3) is 16.6 Å². The second-order valence-electron chi connectivity index (χ2n) is 8.67. The monoisotopic (exact) mass is 474 g/mol. The van der Waals surface area contributed by atoms with Crippen molar-refractivity contribution < 1.29 is 18.3 Å². The summed E-state index contributed by atoms with van der Waals surface area (Å²) >= 11 is 0. The molecule has 1 unspecified atom stereocenters. The Kier molecular flexibility index (Phi) is 6.03. The van der Waals surface area contributed by atoms with Gasteiger partial charge >= 0.3 is 0 Å². The van der Waals surface area contributed by atoms with E-state index in [1.165, 1.54) is 18.3 Å². The van der Waals surface area contributed by atoms with Gasteiger partial charge < -0.3 is 9.64 Å². The predicted octanol–water partition coefficient (Wildman–Crippen LogP) is 5.69. The molecule has 178 valence electrons. The number of ether oxygens (including phenoxy) is 1. The Hall–Kier alpha value is -4.07. The Labute approximate surface area is 201 Å². The van der Waals surface area contributed by atoms with Gasteiger partial charge in [0.05, 0.1) is 34.7 Å². The minimum atomic E-state index is -0.453. The normalized spacial score (nSPS) is 15.9. The molecule has 4 aromatic rings. The van der Waals surface area contributed by atoms with E-state index in [0.717, 1.165) is 18.4 Å². The number of piperidine rings is 1. The van der Waals surface area contributed by atoms with E-state index in [2.05, 4.69) is 11.6 Å². The van der Waals surface area contributed by atoms with Gasteiger partial charge in [-0.25, -0.2) is 13.5 Å². The highest BCUT2D eigenvalue weighted by Crippen LogP contribution is 2.34. The summed E-state index contributed by atoms with van der Waals surface area (Å²) in [7, 11) is 0. The summed E-state index contributed by atoms with van der Waals surface area (Å²) in [4.78, 5) is 17.9. The standard InChI is InChI=1S/C27H24F2N4O2/c1-3-25(34)32-12-4-5-18(16-32)27-26-22(29)14-30-15-23(26)33(31-27)19-7-9-20(10-8-19)35-24-13-17(2)6-11-21(24)28/h3,6-11,13-15,18H,1,4-5,12,16H2,2H3. The minimum Gasteiger partial charge on any atom is -0.454 e. The Bertz CT molecular complexity index is 1410. The smallest absolute Gasteiger partial charge is 0.245 e. The molecule has 35 heavy (non-hydrogen) atoms. The first kappa shape index (κ1) is 22.7. The molecule has 6 nitrogen and oxygen atoms in total. The zero-order chi connectivity index (χ0) is 24.5. The van der Waals surface area contributed by atoms with Crippen molar-refractivity contribution in [2.45, 2.75) is 25.7 Å². The molecule has 1 saturated heterocycles. The third-order valence-corrected chi connectivity index (χ3v) is 6.26. The van der Waals surface area contributed by atoms with Gasteiger partial charge in [-0.3, -0.25) is 9.78 Å². The van der Waals surface area contributed by atoms with Crippen molar-refractivity contribution in [3.63, 3.8) is 0 Å². The first-order valence-corrected chi connectivity index (χ1v) is 11.4. The van der Waals surface area contributed by atoms with E-state index in [1.54, 1.807) is 52.2 Å². The summed E-state index contributed by atoms with van der Waals surface area (Å²) < 4.78 is 36.4. The van der Waals surface area contributed by atoms with Crippen molar-refractivity contribution in [2.75, 3.05) is 13.1 Å². The molecule has 2 aromatic heterocycles. The topological polar surface area (TPSA) is 60.2 Å². The number of halogens is 2. The number of rotatable bonds is 5. The number of amides is 1. The molecule has 0 spiro atoms. The minimum absolute atomic E-state index is 0.111. The molecule has 2 aromatic carbocycles. The maximum Gasteiger partial charge on any atom is 0.245 e. The fourth-order valence-corrected chi connectivity index (χ4v) is 4.53. The molecule has 8 heteroatoms. The highest BCUT2D eigenvalue weighted by Gasteiger charge is 2.29. The van der Waals surface area contributed by atoms with Crippen molar-refractivity contribution in [1.29, 1.82) is 0 Å². The molecule has 1 amide bonds. The fraction of sp³-hybridized carbons (Fsp3) is 0.222. The van der Waals surface area contributed by atoms with Crippen LogP contribution in [-0.4, -0.2) is 38.7 Å². The maximum atomic E-state index is 15.0. The number of aryl methyl sites for hydroxylation is 1. The lowest BCUT2D eigenvalue weighted by Crippen LogP contribution is -2.38.